The van der Waals surface area contributed by atoms with E-state index in [9.17, 15) is 0 Å². The van der Waals surface area contributed by atoms with Crippen LogP contribution in [0.3, 0.4) is 0 Å². The molecule has 0 spiro atoms. The Hall–Kier alpha value is -3.41. The van der Waals surface area contributed by atoms with E-state index in [0.29, 0.717) is 30.3 Å². The first-order valence-electron chi connectivity index (χ1n) is 10.0. The average Bonchev–Trinajstić information content (AvgIpc) is 3.27. The lowest BCUT2D eigenvalue weighted by Gasteiger charge is -2.16. The van der Waals surface area contributed by atoms with E-state index in [1.165, 1.54) is 17.3 Å². The van der Waals surface area contributed by atoms with Gasteiger partial charge in [0.2, 0.25) is 0 Å². The Morgan fingerprint density at radius 3 is 2.66 bits per heavy atom. The van der Waals surface area contributed by atoms with Crippen LogP contribution in [0.4, 0.5) is 0 Å². The van der Waals surface area contributed by atoms with Crippen molar-refractivity contribution in [2.45, 2.75) is 36.2 Å². The van der Waals surface area contributed by atoms with Crippen LogP contribution in [0, 0.1) is 12.3 Å². The van der Waals surface area contributed by atoms with Gasteiger partial charge < -0.3 is 20.0 Å². The minimum absolute atomic E-state index is 0.182. The number of oxime groups is 1. The largest absolute Gasteiger partial charge is 0.495 e. The molecule has 2 N–H and O–H groups in total. The van der Waals surface area contributed by atoms with Crippen molar-refractivity contribution in [3.63, 3.8) is 0 Å². The lowest BCUT2D eigenvalue weighted by Crippen LogP contribution is -2.02. The van der Waals surface area contributed by atoms with Crippen molar-refractivity contribution in [2.75, 3.05) is 13.7 Å². The first-order chi connectivity index (χ1) is 15.6. The number of hydrogen-bond acceptors (Lipinski definition) is 7. The highest BCUT2D eigenvalue weighted by Gasteiger charge is 2.18. The third-order valence-corrected chi connectivity index (χ3v) is 5.82. The number of ether oxygens (including phenoxy) is 2. The zero-order chi connectivity index (χ0) is 22.9. The van der Waals surface area contributed by atoms with Gasteiger partial charge in [-0.3, -0.25) is 4.68 Å². The molecule has 166 valence electrons. The molecule has 0 atom stereocenters. The van der Waals surface area contributed by atoms with Crippen LogP contribution in [0.1, 0.15) is 23.6 Å². The molecule has 0 aliphatic carbocycles. The van der Waals surface area contributed by atoms with Crippen LogP contribution in [-0.4, -0.2) is 30.2 Å². The van der Waals surface area contributed by atoms with Gasteiger partial charge in [0.25, 0.3) is 0 Å². The summed E-state index contributed by atoms with van der Waals surface area (Å²) in [4.78, 5) is 7.18. The van der Waals surface area contributed by atoms with E-state index in [-0.39, 0.29) is 6.61 Å². The topological polar surface area (TPSA) is 83.9 Å². The van der Waals surface area contributed by atoms with Crippen LogP contribution < -0.4 is 20.0 Å². The molecule has 0 amide bonds. The molecule has 8 heteroatoms. The minimum atomic E-state index is 0.182. The highest BCUT2D eigenvalue weighted by Crippen LogP contribution is 2.46. The van der Waals surface area contributed by atoms with Gasteiger partial charge in [0, 0.05) is 25.0 Å². The van der Waals surface area contributed by atoms with Gasteiger partial charge in [-0.05, 0) is 41.8 Å². The molecule has 32 heavy (non-hydrogen) atoms. The van der Waals surface area contributed by atoms with Crippen molar-refractivity contribution in [1.82, 2.24) is 9.78 Å². The van der Waals surface area contributed by atoms with E-state index in [2.05, 4.69) is 35.9 Å². The van der Waals surface area contributed by atoms with Crippen molar-refractivity contribution < 1.29 is 14.3 Å². The summed E-state index contributed by atoms with van der Waals surface area (Å²) >= 11 is 1.46. The van der Waals surface area contributed by atoms with Gasteiger partial charge >= 0.3 is 0 Å². The molecule has 1 aromatic heterocycles. The zero-order valence-electron chi connectivity index (χ0n) is 18.2. The normalized spacial score (nSPS) is 10.4. The summed E-state index contributed by atoms with van der Waals surface area (Å²) in [5, 5.41) is 7.98. The Morgan fingerprint density at radius 2 is 2.00 bits per heavy atom. The standard InChI is InChI=1S/C24H26N4O3S/c1-5-9-30-20-8-7-17(6-2)12-23(20)32-24-21(29-4)10-18(11-22(24)31-26-3)15-28-16-19(13-25)14-27-28/h1,7-8,10-12,14,16H,3,6,9,13,15,25H2,2,4H3. The molecule has 3 rings (SSSR count). The van der Waals surface area contributed by atoms with Crippen LogP contribution in [-0.2, 0) is 19.5 Å². The molecule has 0 saturated heterocycles. The SMILES string of the molecule is C#CCOc1ccc(CC)cc1Sc1c(OC)cc(Cn2cc(CN)cn2)cc1ON=C. The average molecular weight is 451 g/mol. The molecule has 2 aromatic carbocycles. The Bertz CT molecular complexity index is 1120. The lowest BCUT2D eigenvalue weighted by molar-refractivity contribution is 0.328. The summed E-state index contributed by atoms with van der Waals surface area (Å²) in [5.41, 5.74) is 8.76. The highest BCUT2D eigenvalue weighted by atomic mass is 32.2. The third kappa shape index (κ3) is 5.63. The minimum Gasteiger partial charge on any atom is -0.495 e. The summed E-state index contributed by atoms with van der Waals surface area (Å²) in [7, 11) is 1.62. The molecular weight excluding hydrogens is 424 g/mol. The molecule has 0 fully saturated rings. The number of methoxy groups -OCH3 is 1. The van der Waals surface area contributed by atoms with Crippen LogP contribution in [0.5, 0.6) is 17.2 Å². The van der Waals surface area contributed by atoms with E-state index in [4.69, 9.17) is 26.5 Å². The second kappa shape index (κ2) is 11.3. The van der Waals surface area contributed by atoms with E-state index in [0.717, 1.165) is 27.3 Å². The summed E-state index contributed by atoms with van der Waals surface area (Å²) in [5.74, 6) is 4.36. The third-order valence-electron chi connectivity index (χ3n) is 4.67. The van der Waals surface area contributed by atoms with Gasteiger partial charge in [-0.15, -0.1) is 6.42 Å². The molecule has 0 unspecified atom stereocenters. The fraction of sp³-hybridized carbons (Fsp3) is 0.250. The van der Waals surface area contributed by atoms with Crippen molar-refractivity contribution in [3.05, 3.63) is 59.4 Å². The van der Waals surface area contributed by atoms with Crippen LogP contribution in [0.25, 0.3) is 0 Å². The lowest BCUT2D eigenvalue weighted by atomic mass is 10.2. The summed E-state index contributed by atoms with van der Waals surface area (Å²) in [6.45, 7) is 6.72. The van der Waals surface area contributed by atoms with Crippen molar-refractivity contribution in [1.29, 1.82) is 0 Å². The maximum atomic E-state index is 5.75. The van der Waals surface area contributed by atoms with E-state index < -0.39 is 0 Å². The molecule has 0 aliphatic heterocycles. The molecule has 7 nitrogen and oxygen atoms in total. The number of aryl methyl sites for hydroxylation is 1. The molecule has 0 radical (unpaired) electrons. The Morgan fingerprint density at radius 1 is 1.19 bits per heavy atom. The molecule has 1 heterocycles. The first kappa shape index (κ1) is 23.3. The van der Waals surface area contributed by atoms with Gasteiger partial charge in [0.15, 0.2) is 5.75 Å². The second-order valence-corrected chi connectivity index (χ2v) is 7.88. The maximum absolute atomic E-state index is 5.75. The van der Waals surface area contributed by atoms with E-state index in [1.807, 2.05) is 35.1 Å². The van der Waals surface area contributed by atoms with Gasteiger partial charge in [-0.1, -0.05) is 35.8 Å². The van der Waals surface area contributed by atoms with Crippen molar-refractivity contribution >= 4 is 18.5 Å². The van der Waals surface area contributed by atoms with Crippen molar-refractivity contribution in [2.24, 2.45) is 10.9 Å². The van der Waals surface area contributed by atoms with Gasteiger partial charge in [0.1, 0.15) is 18.1 Å². The summed E-state index contributed by atoms with van der Waals surface area (Å²) < 4.78 is 13.3. The highest BCUT2D eigenvalue weighted by molar-refractivity contribution is 7.99. The number of nitrogens with two attached hydrogens (primary N) is 1. The maximum Gasteiger partial charge on any atom is 0.175 e. The van der Waals surface area contributed by atoms with Gasteiger partial charge in [0.05, 0.1) is 29.6 Å². The quantitative estimate of drug-likeness (QED) is 0.269. The number of benzene rings is 2. The molecule has 0 bridgehead atoms. The fourth-order valence-corrected chi connectivity index (χ4v) is 4.20. The number of terminal acetylenes is 1. The Balaban J connectivity index is 2.00. The Kier molecular flexibility index (Phi) is 8.20. The van der Waals surface area contributed by atoms with Crippen molar-refractivity contribution in [3.8, 4) is 29.6 Å². The molecule has 0 saturated carbocycles. The Labute approximate surface area is 192 Å². The van der Waals surface area contributed by atoms with Crippen LogP contribution in [0.2, 0.25) is 0 Å². The number of aromatic nitrogens is 2. The number of nitrogens with zero attached hydrogens (tertiary/aromatic N) is 3. The van der Waals surface area contributed by atoms with E-state index in [1.54, 1.807) is 13.3 Å². The smallest absolute Gasteiger partial charge is 0.175 e. The molecule has 0 aliphatic rings. The zero-order valence-corrected chi connectivity index (χ0v) is 19.0. The molecular formula is C24H26N4O3S. The monoisotopic (exact) mass is 450 g/mol. The molecule has 3 aromatic rings. The summed E-state index contributed by atoms with van der Waals surface area (Å²) in [6.07, 6.45) is 9.94. The van der Waals surface area contributed by atoms with Crippen LogP contribution in [0.15, 0.2) is 57.7 Å². The van der Waals surface area contributed by atoms with E-state index >= 15 is 0 Å². The fourth-order valence-electron chi connectivity index (χ4n) is 3.10. The summed E-state index contributed by atoms with van der Waals surface area (Å²) in [6, 6.07) is 9.88. The number of hydrogen-bond donors (Lipinski definition) is 1. The number of rotatable bonds is 11. The second-order valence-electron chi connectivity index (χ2n) is 6.83. The first-order valence-corrected chi connectivity index (χ1v) is 10.9. The predicted molar refractivity (Wildman–Crippen MR) is 127 cm³/mol. The predicted octanol–water partition coefficient (Wildman–Crippen LogP) is 4.12. The van der Waals surface area contributed by atoms with Crippen LogP contribution >= 0.6 is 11.8 Å². The van der Waals surface area contributed by atoms with Gasteiger partial charge in [-0.2, -0.15) is 5.10 Å². The van der Waals surface area contributed by atoms with Gasteiger partial charge in [-0.25, -0.2) is 0 Å².